The number of aliphatic hydroxyl groups is 1. The van der Waals surface area contributed by atoms with E-state index in [2.05, 4.69) is 21.2 Å². The molecule has 0 aliphatic carbocycles. The third-order valence-electron chi connectivity index (χ3n) is 1.94. The highest BCUT2D eigenvalue weighted by Crippen LogP contribution is 2.17. The van der Waals surface area contributed by atoms with Gasteiger partial charge in [-0.05, 0) is 34.1 Å². The molecule has 0 fully saturated rings. The first-order chi connectivity index (χ1) is 7.91. The van der Waals surface area contributed by atoms with Gasteiger partial charge in [-0.25, -0.2) is 13.2 Å². The second kappa shape index (κ2) is 6.02. The van der Waals surface area contributed by atoms with Gasteiger partial charge in [-0.15, -0.1) is 0 Å². The van der Waals surface area contributed by atoms with E-state index in [-0.39, 0.29) is 5.56 Å². The van der Waals surface area contributed by atoms with Crippen molar-refractivity contribution < 1.29 is 23.1 Å². The average Bonchev–Trinajstić information content (AvgIpc) is 2.28. The summed E-state index contributed by atoms with van der Waals surface area (Å²) in [6, 6.07) is 3.44. The van der Waals surface area contributed by atoms with Crippen molar-refractivity contribution in [2.75, 3.05) is 6.54 Å². The van der Waals surface area contributed by atoms with Crippen molar-refractivity contribution in [2.24, 2.45) is 0 Å². The Hall–Kier alpha value is -1.08. The number of hydrogen-bond donors (Lipinski definition) is 2. The average molecular weight is 312 g/mol. The van der Waals surface area contributed by atoms with Crippen molar-refractivity contribution in [1.82, 2.24) is 5.32 Å². The predicted molar refractivity (Wildman–Crippen MR) is 58.4 cm³/mol. The summed E-state index contributed by atoms with van der Waals surface area (Å²) in [5, 5.41) is 10.9. The lowest BCUT2D eigenvalue weighted by atomic mass is 10.2. The van der Waals surface area contributed by atoms with Crippen molar-refractivity contribution >= 4 is 21.8 Å². The topological polar surface area (TPSA) is 49.3 Å². The minimum atomic E-state index is -2.94. The molecule has 0 saturated heterocycles. The summed E-state index contributed by atoms with van der Waals surface area (Å²) in [6.45, 7) is -0.598. The third kappa shape index (κ3) is 4.01. The van der Waals surface area contributed by atoms with Gasteiger partial charge in [-0.1, -0.05) is 0 Å². The molecule has 0 aliphatic heterocycles. The summed E-state index contributed by atoms with van der Waals surface area (Å²) in [6.07, 6.45) is -4.88. The normalized spacial score (nSPS) is 12.6. The predicted octanol–water partition coefficient (Wildman–Crippen LogP) is 1.94. The minimum Gasteiger partial charge on any atom is -0.385 e. The zero-order valence-electron chi connectivity index (χ0n) is 8.46. The SMILES string of the molecule is O=C(NCC(O)C(F)F)c1cc(F)ccc1Br. The molecule has 1 amide bonds. The highest BCUT2D eigenvalue weighted by Gasteiger charge is 2.18. The van der Waals surface area contributed by atoms with Gasteiger partial charge in [0.15, 0.2) is 0 Å². The zero-order chi connectivity index (χ0) is 13.0. The molecule has 0 bridgehead atoms. The van der Waals surface area contributed by atoms with Crippen LogP contribution in [0.5, 0.6) is 0 Å². The Bertz CT molecular complexity index is 415. The molecule has 0 spiro atoms. The van der Waals surface area contributed by atoms with Gasteiger partial charge in [0, 0.05) is 11.0 Å². The molecule has 0 heterocycles. The molecule has 1 unspecified atom stereocenters. The lowest BCUT2D eigenvalue weighted by molar-refractivity contribution is -0.00270. The molecule has 1 atom stereocenters. The molecule has 1 aromatic rings. The van der Waals surface area contributed by atoms with Gasteiger partial charge in [-0.3, -0.25) is 4.79 Å². The van der Waals surface area contributed by atoms with Crippen LogP contribution in [-0.4, -0.2) is 30.1 Å². The Morgan fingerprint density at radius 3 is 2.71 bits per heavy atom. The van der Waals surface area contributed by atoms with Gasteiger partial charge in [0.05, 0.1) is 5.56 Å². The molecule has 7 heteroatoms. The summed E-state index contributed by atoms with van der Waals surface area (Å²) in [5.41, 5.74) is -0.0218. The molecule has 0 aromatic heterocycles. The number of benzene rings is 1. The second-order valence-electron chi connectivity index (χ2n) is 3.24. The van der Waals surface area contributed by atoms with Gasteiger partial charge in [0.2, 0.25) is 0 Å². The van der Waals surface area contributed by atoms with Crippen LogP contribution in [0.15, 0.2) is 22.7 Å². The number of carbonyl (C=O) groups excluding carboxylic acids is 1. The molecule has 1 rings (SSSR count). The van der Waals surface area contributed by atoms with E-state index in [1.165, 1.54) is 6.07 Å². The first kappa shape index (κ1) is 14.0. The number of nitrogens with one attached hydrogen (secondary N) is 1. The number of aliphatic hydroxyl groups excluding tert-OH is 1. The van der Waals surface area contributed by atoms with Crippen molar-refractivity contribution in [3.63, 3.8) is 0 Å². The summed E-state index contributed by atoms with van der Waals surface area (Å²) in [5.74, 6) is -1.36. The Morgan fingerprint density at radius 2 is 2.12 bits per heavy atom. The first-order valence-electron chi connectivity index (χ1n) is 4.61. The Morgan fingerprint density at radius 1 is 1.47 bits per heavy atom. The molecule has 0 radical (unpaired) electrons. The van der Waals surface area contributed by atoms with Gasteiger partial charge in [-0.2, -0.15) is 0 Å². The van der Waals surface area contributed by atoms with Crippen LogP contribution in [0.1, 0.15) is 10.4 Å². The van der Waals surface area contributed by atoms with Crippen molar-refractivity contribution in [3.8, 4) is 0 Å². The summed E-state index contributed by atoms with van der Waals surface area (Å²) in [4.78, 5) is 11.5. The standard InChI is InChI=1S/C10H9BrF3NO2/c11-7-2-1-5(12)3-6(7)10(17)15-4-8(16)9(13)14/h1-3,8-9,16H,4H2,(H,15,17). The van der Waals surface area contributed by atoms with Crippen LogP contribution < -0.4 is 5.32 Å². The maximum absolute atomic E-state index is 12.9. The summed E-state index contributed by atoms with van der Waals surface area (Å²) in [7, 11) is 0. The third-order valence-corrected chi connectivity index (χ3v) is 2.63. The largest absolute Gasteiger partial charge is 0.385 e. The van der Waals surface area contributed by atoms with Gasteiger partial charge >= 0.3 is 0 Å². The molecule has 0 saturated carbocycles. The van der Waals surface area contributed by atoms with E-state index in [1.54, 1.807) is 0 Å². The van der Waals surface area contributed by atoms with Crippen LogP contribution in [0.4, 0.5) is 13.2 Å². The Labute approximate surface area is 104 Å². The monoisotopic (exact) mass is 311 g/mol. The number of hydrogen-bond acceptors (Lipinski definition) is 2. The molecule has 1 aromatic carbocycles. The van der Waals surface area contributed by atoms with E-state index in [0.717, 1.165) is 12.1 Å². The van der Waals surface area contributed by atoms with Crippen LogP contribution in [0.25, 0.3) is 0 Å². The Balaban J connectivity index is 2.67. The fourth-order valence-corrected chi connectivity index (χ4v) is 1.48. The molecular formula is C10H9BrF3NO2. The smallest absolute Gasteiger partial charge is 0.265 e. The minimum absolute atomic E-state index is 0.0218. The summed E-state index contributed by atoms with van der Waals surface area (Å²) >= 11 is 3.03. The zero-order valence-corrected chi connectivity index (χ0v) is 10.0. The van der Waals surface area contributed by atoms with Crippen LogP contribution in [0.2, 0.25) is 0 Å². The number of amides is 1. The van der Waals surface area contributed by atoms with Crippen molar-refractivity contribution in [1.29, 1.82) is 0 Å². The first-order valence-corrected chi connectivity index (χ1v) is 5.40. The maximum atomic E-state index is 12.9. The summed E-state index contributed by atoms with van der Waals surface area (Å²) < 4.78 is 37.1. The quantitative estimate of drug-likeness (QED) is 0.893. The molecular weight excluding hydrogens is 303 g/mol. The molecule has 2 N–H and O–H groups in total. The molecule has 0 aliphatic rings. The second-order valence-corrected chi connectivity index (χ2v) is 4.09. The number of rotatable bonds is 4. The van der Waals surface area contributed by atoms with Crippen molar-refractivity contribution in [3.05, 3.63) is 34.1 Å². The van der Waals surface area contributed by atoms with Gasteiger partial charge in [0.1, 0.15) is 11.9 Å². The lowest BCUT2D eigenvalue weighted by Crippen LogP contribution is -2.36. The fourth-order valence-electron chi connectivity index (χ4n) is 1.05. The highest BCUT2D eigenvalue weighted by atomic mass is 79.9. The fraction of sp³-hybridized carbons (Fsp3) is 0.300. The number of halogens is 4. The van der Waals surface area contributed by atoms with Gasteiger partial charge < -0.3 is 10.4 Å². The molecule has 3 nitrogen and oxygen atoms in total. The Kier molecular flexibility index (Phi) is 4.95. The van der Waals surface area contributed by atoms with Crippen LogP contribution in [0.3, 0.4) is 0 Å². The molecule has 94 valence electrons. The van der Waals surface area contributed by atoms with E-state index < -0.39 is 30.8 Å². The van der Waals surface area contributed by atoms with E-state index in [1.807, 2.05) is 0 Å². The van der Waals surface area contributed by atoms with Crippen LogP contribution >= 0.6 is 15.9 Å². The lowest BCUT2D eigenvalue weighted by Gasteiger charge is -2.11. The van der Waals surface area contributed by atoms with Crippen LogP contribution in [0, 0.1) is 5.82 Å². The van der Waals surface area contributed by atoms with E-state index >= 15 is 0 Å². The van der Waals surface area contributed by atoms with E-state index in [4.69, 9.17) is 5.11 Å². The van der Waals surface area contributed by atoms with Crippen molar-refractivity contribution in [2.45, 2.75) is 12.5 Å². The number of carbonyl (C=O) groups is 1. The maximum Gasteiger partial charge on any atom is 0.265 e. The van der Waals surface area contributed by atoms with E-state index in [0.29, 0.717) is 4.47 Å². The molecule has 17 heavy (non-hydrogen) atoms. The van der Waals surface area contributed by atoms with Crippen LogP contribution in [-0.2, 0) is 0 Å². The van der Waals surface area contributed by atoms with E-state index in [9.17, 15) is 18.0 Å². The highest BCUT2D eigenvalue weighted by molar-refractivity contribution is 9.10. The number of alkyl halides is 2. The van der Waals surface area contributed by atoms with Gasteiger partial charge in [0.25, 0.3) is 12.3 Å².